The highest BCUT2D eigenvalue weighted by Crippen LogP contribution is 2.52. The van der Waals surface area contributed by atoms with Gasteiger partial charge in [0.15, 0.2) is 0 Å². The maximum atomic E-state index is 13.4. The Morgan fingerprint density at radius 2 is 1.83 bits per heavy atom. The van der Waals surface area contributed by atoms with Gasteiger partial charge in [-0.15, -0.1) is 0 Å². The second kappa shape index (κ2) is 9.74. The molecule has 1 aromatic heterocycles. The number of halogens is 2. The van der Waals surface area contributed by atoms with Crippen LogP contribution in [0.3, 0.4) is 0 Å². The molecular formula is C28H30F2N6O5. The van der Waals surface area contributed by atoms with E-state index in [1.54, 1.807) is 36.2 Å². The molecule has 4 heterocycles. The minimum atomic E-state index is -2.75. The normalized spacial score (nSPS) is 23.7. The minimum Gasteiger partial charge on any atom is -0.380 e. The van der Waals surface area contributed by atoms with Crippen LogP contribution < -0.4 is 10.6 Å². The highest BCUT2D eigenvalue weighted by molar-refractivity contribution is 6.25. The van der Waals surface area contributed by atoms with E-state index in [0.717, 1.165) is 10.5 Å². The van der Waals surface area contributed by atoms with Crippen molar-refractivity contribution in [2.45, 2.75) is 70.0 Å². The zero-order chi connectivity index (χ0) is 29.1. The molecule has 6 rings (SSSR count). The molecule has 216 valence electrons. The van der Waals surface area contributed by atoms with Crippen LogP contribution in [0.2, 0.25) is 0 Å². The summed E-state index contributed by atoms with van der Waals surface area (Å²) in [6.45, 7) is 2.89. The number of piperidine rings is 2. The van der Waals surface area contributed by atoms with Gasteiger partial charge in [-0.3, -0.25) is 38.9 Å². The molecule has 1 aliphatic carbocycles. The molecule has 1 unspecified atom stereocenters. The van der Waals surface area contributed by atoms with Gasteiger partial charge in [0.1, 0.15) is 6.04 Å². The van der Waals surface area contributed by atoms with E-state index < -0.39 is 53.8 Å². The number of alkyl halides is 2. The summed E-state index contributed by atoms with van der Waals surface area (Å²) in [7, 11) is 0. The number of anilines is 1. The van der Waals surface area contributed by atoms with Gasteiger partial charge in [0.05, 0.1) is 28.8 Å². The molecule has 1 atom stereocenters. The first-order chi connectivity index (χ1) is 19.5. The highest BCUT2D eigenvalue weighted by atomic mass is 19.3. The van der Waals surface area contributed by atoms with Crippen molar-refractivity contribution in [3.8, 4) is 0 Å². The molecule has 2 N–H and O–H groups in total. The number of benzene rings is 1. The van der Waals surface area contributed by atoms with Crippen LogP contribution in [0.4, 0.5) is 14.5 Å². The Bertz CT molecular complexity index is 1460. The van der Waals surface area contributed by atoms with Gasteiger partial charge < -0.3 is 10.2 Å². The van der Waals surface area contributed by atoms with Crippen molar-refractivity contribution >= 4 is 35.2 Å². The number of hydrogen-bond acceptors (Lipinski definition) is 7. The maximum absolute atomic E-state index is 13.4. The van der Waals surface area contributed by atoms with Gasteiger partial charge in [-0.25, -0.2) is 8.78 Å². The summed E-state index contributed by atoms with van der Waals surface area (Å²) in [6, 6.07) is 3.91. The van der Waals surface area contributed by atoms with Crippen LogP contribution in [0, 0.1) is 5.41 Å². The Hall–Kier alpha value is -4.16. The second-order valence-electron chi connectivity index (χ2n) is 11.7. The third kappa shape index (κ3) is 4.76. The summed E-state index contributed by atoms with van der Waals surface area (Å²) in [4.78, 5) is 65.6. The number of likely N-dealkylation sites (tertiary alicyclic amines) is 1. The number of amides is 5. The van der Waals surface area contributed by atoms with Crippen molar-refractivity contribution < 1.29 is 32.8 Å². The Kier molecular flexibility index (Phi) is 6.42. The largest absolute Gasteiger partial charge is 0.380 e. The Balaban J connectivity index is 1.07. The second-order valence-corrected chi connectivity index (χ2v) is 11.7. The quantitative estimate of drug-likeness (QED) is 0.512. The fourth-order valence-corrected chi connectivity index (χ4v) is 6.48. The SMILES string of the molecule is CC1(C(=O)N2CCC(n3cc(CNc4cccc5c4C(=O)N(C4CCC(=O)NC4=O)C5=O)cn3)CC2)CC(F)(F)C1. The summed E-state index contributed by atoms with van der Waals surface area (Å²) in [5.41, 5.74) is 0.684. The van der Waals surface area contributed by atoms with Crippen LogP contribution >= 0.6 is 0 Å². The van der Waals surface area contributed by atoms with E-state index in [9.17, 15) is 32.8 Å². The van der Waals surface area contributed by atoms with E-state index in [0.29, 0.717) is 38.2 Å². The number of fused-ring (bicyclic) bond motifs is 1. The van der Waals surface area contributed by atoms with Crippen molar-refractivity contribution in [1.82, 2.24) is 24.9 Å². The van der Waals surface area contributed by atoms with Gasteiger partial charge >= 0.3 is 0 Å². The minimum absolute atomic E-state index is 0.0482. The zero-order valence-electron chi connectivity index (χ0n) is 22.5. The fourth-order valence-electron chi connectivity index (χ4n) is 6.48. The summed E-state index contributed by atoms with van der Waals surface area (Å²) in [5.74, 6) is -5.20. The summed E-state index contributed by atoms with van der Waals surface area (Å²) < 4.78 is 28.6. The number of carbonyl (C=O) groups excluding carboxylic acids is 5. The van der Waals surface area contributed by atoms with Crippen molar-refractivity contribution in [1.29, 1.82) is 0 Å². The van der Waals surface area contributed by atoms with Crippen molar-refractivity contribution in [3.05, 3.63) is 47.3 Å². The van der Waals surface area contributed by atoms with Gasteiger partial charge in [-0.2, -0.15) is 5.10 Å². The molecule has 3 aliphatic heterocycles. The zero-order valence-corrected chi connectivity index (χ0v) is 22.5. The predicted octanol–water partition coefficient (Wildman–Crippen LogP) is 2.50. The van der Waals surface area contributed by atoms with Gasteiger partial charge in [-0.1, -0.05) is 13.0 Å². The highest BCUT2D eigenvalue weighted by Gasteiger charge is 2.58. The van der Waals surface area contributed by atoms with E-state index >= 15 is 0 Å². The summed E-state index contributed by atoms with van der Waals surface area (Å²) >= 11 is 0. The lowest BCUT2D eigenvalue weighted by molar-refractivity contribution is -0.184. The van der Waals surface area contributed by atoms with Crippen LogP contribution in [0.5, 0.6) is 0 Å². The van der Waals surface area contributed by atoms with Gasteiger partial charge in [0.2, 0.25) is 23.6 Å². The lowest BCUT2D eigenvalue weighted by Gasteiger charge is -2.47. The molecule has 41 heavy (non-hydrogen) atoms. The molecule has 11 nitrogen and oxygen atoms in total. The lowest BCUT2D eigenvalue weighted by Crippen LogP contribution is -2.55. The first-order valence-electron chi connectivity index (χ1n) is 13.7. The standard InChI is InChI=1S/C28H30F2N6O5/c1-27(14-28(29,30)15-27)26(41)34-9-7-17(8-10-34)35-13-16(12-32-35)11-31-19-4-2-3-18-22(19)25(40)36(24(18)39)20-5-6-21(37)33-23(20)38/h2-4,12-13,17,20,31H,5-11,14-15H2,1H3,(H,33,37,38). The first kappa shape index (κ1) is 27.0. The summed E-state index contributed by atoms with van der Waals surface area (Å²) in [5, 5.41) is 9.88. The molecular weight excluding hydrogens is 538 g/mol. The first-order valence-corrected chi connectivity index (χ1v) is 13.7. The molecule has 13 heteroatoms. The number of hydrogen-bond donors (Lipinski definition) is 2. The molecule has 1 saturated carbocycles. The molecule has 4 aliphatic rings. The average Bonchev–Trinajstić information content (AvgIpc) is 3.49. The van der Waals surface area contributed by atoms with Crippen LogP contribution in [0.25, 0.3) is 0 Å². The molecule has 1 aromatic carbocycles. The number of aromatic nitrogens is 2. The molecule has 2 aromatic rings. The number of imide groups is 2. The third-order valence-electron chi connectivity index (χ3n) is 8.55. The van der Waals surface area contributed by atoms with Crippen molar-refractivity contribution in [3.63, 3.8) is 0 Å². The number of carbonyl (C=O) groups is 5. The van der Waals surface area contributed by atoms with E-state index in [1.807, 2.05) is 10.9 Å². The molecule has 3 fully saturated rings. The monoisotopic (exact) mass is 568 g/mol. The fraction of sp³-hybridized carbons (Fsp3) is 0.500. The van der Waals surface area contributed by atoms with E-state index in [-0.39, 0.29) is 35.9 Å². The topological polar surface area (TPSA) is 134 Å². The van der Waals surface area contributed by atoms with Crippen molar-refractivity contribution in [2.24, 2.45) is 5.41 Å². The van der Waals surface area contributed by atoms with E-state index in [4.69, 9.17) is 0 Å². The maximum Gasteiger partial charge on any atom is 0.264 e. The van der Waals surface area contributed by atoms with E-state index in [2.05, 4.69) is 15.7 Å². The van der Waals surface area contributed by atoms with Crippen LogP contribution in [0.1, 0.15) is 77.8 Å². The molecule has 0 spiro atoms. The van der Waals surface area contributed by atoms with Crippen LogP contribution in [-0.2, 0) is 20.9 Å². The van der Waals surface area contributed by atoms with Gasteiger partial charge in [-0.05, 0) is 31.4 Å². The molecule has 0 bridgehead atoms. The Morgan fingerprint density at radius 1 is 1.10 bits per heavy atom. The van der Waals surface area contributed by atoms with E-state index in [1.165, 1.54) is 0 Å². The molecule has 5 amide bonds. The molecule has 0 radical (unpaired) electrons. The van der Waals surface area contributed by atoms with Gasteiger partial charge in [0, 0.05) is 56.3 Å². The van der Waals surface area contributed by atoms with Crippen LogP contribution in [0.15, 0.2) is 30.6 Å². The number of nitrogens with one attached hydrogen (secondary N) is 2. The average molecular weight is 569 g/mol. The summed E-state index contributed by atoms with van der Waals surface area (Å²) in [6.07, 6.45) is 4.24. The van der Waals surface area contributed by atoms with Crippen LogP contribution in [-0.4, -0.2) is 74.2 Å². The number of rotatable bonds is 6. The predicted molar refractivity (Wildman–Crippen MR) is 140 cm³/mol. The Morgan fingerprint density at radius 3 is 2.51 bits per heavy atom. The third-order valence-corrected chi connectivity index (χ3v) is 8.55. The Labute approximate surface area is 234 Å². The number of nitrogens with zero attached hydrogens (tertiary/aromatic N) is 4. The van der Waals surface area contributed by atoms with Gasteiger partial charge in [0.25, 0.3) is 11.8 Å². The molecule has 2 saturated heterocycles. The smallest absolute Gasteiger partial charge is 0.264 e. The lowest BCUT2D eigenvalue weighted by atomic mass is 9.66. The van der Waals surface area contributed by atoms with Crippen molar-refractivity contribution in [2.75, 3.05) is 18.4 Å².